The molecule has 4 nitrogen and oxygen atoms in total. The Kier molecular flexibility index (Phi) is 5.44. The lowest BCUT2D eigenvalue weighted by atomic mass is 9.74. The molecule has 21 heavy (non-hydrogen) atoms. The second-order valence-electron chi connectivity index (χ2n) is 6.69. The maximum absolute atomic E-state index is 6.23. The van der Waals surface area contributed by atoms with Crippen molar-refractivity contribution in [3.63, 3.8) is 0 Å². The Morgan fingerprint density at radius 3 is 2.48 bits per heavy atom. The Morgan fingerprint density at radius 1 is 1.38 bits per heavy atom. The third-order valence-electron chi connectivity index (χ3n) is 5.50. The van der Waals surface area contributed by atoms with E-state index in [1.54, 1.807) is 0 Å². The molecule has 0 bridgehead atoms. The number of nitrogens with zero attached hydrogens (tertiary/aromatic N) is 3. The number of aromatic nitrogens is 2. The van der Waals surface area contributed by atoms with Gasteiger partial charge in [0, 0.05) is 25.7 Å². The lowest BCUT2D eigenvalue weighted by Crippen LogP contribution is -2.55. The lowest BCUT2D eigenvalue weighted by Gasteiger charge is -2.47. The molecule has 0 unspecified atom stereocenters. The van der Waals surface area contributed by atoms with Crippen molar-refractivity contribution in [3.05, 3.63) is 17.5 Å². The number of nitrogens with two attached hydrogens (primary N) is 1. The molecular weight excluding hydrogens is 260 g/mol. The number of aryl methyl sites for hydroxylation is 2. The molecule has 0 spiro atoms. The van der Waals surface area contributed by atoms with Gasteiger partial charge in [-0.2, -0.15) is 5.10 Å². The van der Waals surface area contributed by atoms with E-state index in [1.165, 1.54) is 37.8 Å². The average Bonchev–Trinajstić information content (AvgIpc) is 2.82. The fourth-order valence-electron chi connectivity index (χ4n) is 3.90. The quantitative estimate of drug-likeness (QED) is 0.877. The van der Waals surface area contributed by atoms with E-state index in [-0.39, 0.29) is 5.54 Å². The van der Waals surface area contributed by atoms with Crippen LogP contribution in [0, 0.1) is 12.8 Å². The zero-order valence-corrected chi connectivity index (χ0v) is 14.2. The highest BCUT2D eigenvalue weighted by molar-refractivity contribution is 5.10. The predicted molar refractivity (Wildman–Crippen MR) is 88.1 cm³/mol. The van der Waals surface area contributed by atoms with E-state index < -0.39 is 0 Å². The highest BCUT2D eigenvalue weighted by atomic mass is 15.3. The molecule has 2 N–H and O–H groups in total. The summed E-state index contributed by atoms with van der Waals surface area (Å²) in [6, 6.07) is 2.20. The van der Waals surface area contributed by atoms with E-state index in [2.05, 4.69) is 36.8 Å². The van der Waals surface area contributed by atoms with Crippen molar-refractivity contribution in [1.82, 2.24) is 14.7 Å². The molecule has 1 aliphatic rings. The van der Waals surface area contributed by atoms with Crippen LogP contribution in [-0.4, -0.2) is 33.3 Å². The molecule has 2 rings (SSSR count). The first-order chi connectivity index (χ1) is 10.0. The first kappa shape index (κ1) is 16.5. The Labute approximate surface area is 129 Å². The van der Waals surface area contributed by atoms with Gasteiger partial charge in [0.05, 0.1) is 11.4 Å². The summed E-state index contributed by atoms with van der Waals surface area (Å²) in [5.74, 6) is 0.905. The van der Waals surface area contributed by atoms with E-state index in [1.807, 2.05) is 11.7 Å². The third-order valence-corrected chi connectivity index (χ3v) is 5.50. The van der Waals surface area contributed by atoms with Crippen molar-refractivity contribution in [2.75, 3.05) is 13.1 Å². The molecule has 1 saturated carbocycles. The van der Waals surface area contributed by atoms with Crippen LogP contribution >= 0.6 is 0 Å². The summed E-state index contributed by atoms with van der Waals surface area (Å²) < 4.78 is 2.01. The number of rotatable bonds is 6. The normalized spacial score (nSPS) is 26.5. The van der Waals surface area contributed by atoms with E-state index in [0.717, 1.165) is 31.2 Å². The van der Waals surface area contributed by atoms with Gasteiger partial charge in [-0.3, -0.25) is 9.58 Å². The molecule has 1 fully saturated rings. The SMILES string of the molecule is CCC1CCC(CN)(N(CC)Cc2cc(C)nn2C)CC1. The molecule has 1 aliphatic carbocycles. The van der Waals surface area contributed by atoms with Crippen molar-refractivity contribution in [2.45, 2.75) is 65.0 Å². The molecule has 1 heterocycles. The van der Waals surface area contributed by atoms with Crippen molar-refractivity contribution in [2.24, 2.45) is 18.7 Å². The molecule has 120 valence electrons. The van der Waals surface area contributed by atoms with Crippen LogP contribution in [0.15, 0.2) is 6.07 Å². The molecule has 1 aromatic heterocycles. The zero-order valence-electron chi connectivity index (χ0n) is 14.2. The number of hydrogen-bond donors (Lipinski definition) is 1. The van der Waals surface area contributed by atoms with Crippen molar-refractivity contribution < 1.29 is 0 Å². The highest BCUT2D eigenvalue weighted by Gasteiger charge is 2.38. The molecule has 0 aromatic carbocycles. The van der Waals surface area contributed by atoms with Crippen LogP contribution < -0.4 is 5.73 Å². The standard InChI is InChI=1S/C17H32N4/c1-5-15-7-9-17(13-18,10-8-15)21(6-2)12-16-11-14(3)19-20(16)4/h11,15H,5-10,12-13,18H2,1-4H3. The summed E-state index contributed by atoms with van der Waals surface area (Å²) >= 11 is 0. The fourth-order valence-corrected chi connectivity index (χ4v) is 3.90. The second-order valence-corrected chi connectivity index (χ2v) is 6.69. The maximum atomic E-state index is 6.23. The van der Waals surface area contributed by atoms with Gasteiger partial charge in [0.25, 0.3) is 0 Å². The van der Waals surface area contributed by atoms with Crippen LogP contribution in [0.25, 0.3) is 0 Å². The molecule has 0 radical (unpaired) electrons. The number of hydrogen-bond acceptors (Lipinski definition) is 3. The Bertz CT molecular complexity index is 444. The van der Waals surface area contributed by atoms with Gasteiger partial charge < -0.3 is 5.73 Å². The minimum Gasteiger partial charge on any atom is -0.329 e. The monoisotopic (exact) mass is 292 g/mol. The molecule has 0 atom stereocenters. The summed E-state index contributed by atoms with van der Waals surface area (Å²) in [6.45, 7) is 9.42. The first-order valence-corrected chi connectivity index (χ1v) is 8.49. The van der Waals surface area contributed by atoms with Gasteiger partial charge in [0.2, 0.25) is 0 Å². The molecular formula is C17H32N4. The van der Waals surface area contributed by atoms with Gasteiger partial charge in [0.1, 0.15) is 0 Å². The Morgan fingerprint density at radius 2 is 2.05 bits per heavy atom. The van der Waals surface area contributed by atoms with Gasteiger partial charge in [-0.15, -0.1) is 0 Å². The molecule has 4 heteroatoms. The first-order valence-electron chi connectivity index (χ1n) is 8.49. The molecule has 0 amide bonds. The Hall–Kier alpha value is -0.870. The van der Waals surface area contributed by atoms with Crippen LogP contribution in [0.5, 0.6) is 0 Å². The minimum atomic E-state index is 0.193. The number of likely N-dealkylation sites (N-methyl/N-ethyl adjacent to an activating group) is 1. The smallest absolute Gasteiger partial charge is 0.0597 e. The maximum Gasteiger partial charge on any atom is 0.0597 e. The van der Waals surface area contributed by atoms with Gasteiger partial charge in [-0.1, -0.05) is 20.3 Å². The summed E-state index contributed by atoms with van der Waals surface area (Å²) in [5.41, 5.74) is 8.82. The largest absolute Gasteiger partial charge is 0.329 e. The van der Waals surface area contributed by atoms with Crippen LogP contribution in [0.4, 0.5) is 0 Å². The van der Waals surface area contributed by atoms with Crippen LogP contribution in [0.1, 0.15) is 57.3 Å². The summed E-state index contributed by atoms with van der Waals surface area (Å²) in [7, 11) is 2.04. The highest BCUT2D eigenvalue weighted by Crippen LogP contribution is 2.37. The molecule has 0 saturated heterocycles. The predicted octanol–water partition coefficient (Wildman–Crippen LogP) is 2.85. The summed E-state index contributed by atoms with van der Waals surface area (Å²) in [4.78, 5) is 2.59. The van der Waals surface area contributed by atoms with Crippen LogP contribution in [-0.2, 0) is 13.6 Å². The topological polar surface area (TPSA) is 47.1 Å². The lowest BCUT2D eigenvalue weighted by molar-refractivity contribution is 0.0374. The summed E-state index contributed by atoms with van der Waals surface area (Å²) in [5, 5.41) is 4.48. The second kappa shape index (κ2) is 6.93. The third kappa shape index (κ3) is 3.49. The molecule has 0 aliphatic heterocycles. The minimum absolute atomic E-state index is 0.193. The van der Waals surface area contributed by atoms with E-state index in [9.17, 15) is 0 Å². The van der Waals surface area contributed by atoms with Crippen molar-refractivity contribution in [3.8, 4) is 0 Å². The van der Waals surface area contributed by atoms with Gasteiger partial charge in [-0.25, -0.2) is 0 Å². The van der Waals surface area contributed by atoms with Crippen LogP contribution in [0.2, 0.25) is 0 Å². The van der Waals surface area contributed by atoms with Gasteiger partial charge >= 0.3 is 0 Å². The Balaban J connectivity index is 2.12. The molecule has 1 aromatic rings. The van der Waals surface area contributed by atoms with Crippen molar-refractivity contribution in [1.29, 1.82) is 0 Å². The van der Waals surface area contributed by atoms with Crippen molar-refractivity contribution >= 4 is 0 Å². The zero-order chi connectivity index (χ0) is 15.5. The van der Waals surface area contributed by atoms with E-state index in [4.69, 9.17) is 5.73 Å². The summed E-state index contributed by atoms with van der Waals surface area (Å²) in [6.07, 6.45) is 6.45. The fraction of sp³-hybridized carbons (Fsp3) is 0.824. The van der Waals surface area contributed by atoms with Crippen LogP contribution in [0.3, 0.4) is 0 Å². The average molecular weight is 292 g/mol. The van der Waals surface area contributed by atoms with E-state index >= 15 is 0 Å². The van der Waals surface area contributed by atoms with E-state index in [0.29, 0.717) is 0 Å². The van der Waals surface area contributed by atoms with Gasteiger partial charge in [-0.05, 0) is 51.1 Å². The van der Waals surface area contributed by atoms with Gasteiger partial charge in [0.15, 0.2) is 0 Å².